The number of hydrogen-bond donors (Lipinski definition) is 1. The van der Waals surface area contributed by atoms with Crippen molar-refractivity contribution in [2.24, 2.45) is 0 Å². The lowest BCUT2D eigenvalue weighted by Gasteiger charge is -2.44. The fraction of sp³-hybridized carbons (Fsp3) is 0.300. The monoisotopic (exact) mass is 371 g/mol. The summed E-state index contributed by atoms with van der Waals surface area (Å²) in [5, 5.41) is 2.63. The zero-order chi connectivity index (χ0) is 19.1. The van der Waals surface area contributed by atoms with Crippen LogP contribution in [0.5, 0.6) is 0 Å². The van der Waals surface area contributed by atoms with E-state index in [2.05, 4.69) is 5.32 Å². The number of carbonyl (C=O) groups is 2. The van der Waals surface area contributed by atoms with Crippen molar-refractivity contribution in [2.45, 2.75) is 19.4 Å². The maximum atomic E-state index is 14.1. The molecule has 1 atom stereocenters. The van der Waals surface area contributed by atoms with Crippen LogP contribution in [-0.2, 0) is 11.2 Å². The van der Waals surface area contributed by atoms with Crippen molar-refractivity contribution >= 4 is 17.6 Å². The van der Waals surface area contributed by atoms with Gasteiger partial charge in [-0.2, -0.15) is 0 Å². The van der Waals surface area contributed by atoms with Crippen LogP contribution in [0.1, 0.15) is 22.7 Å². The lowest BCUT2D eigenvalue weighted by atomic mass is 9.90. The zero-order valence-corrected chi connectivity index (χ0v) is 14.8. The van der Waals surface area contributed by atoms with Gasteiger partial charge in [0.25, 0.3) is 0 Å². The molecular formula is C20H19F2N3O2. The largest absolute Gasteiger partial charge is 0.332 e. The van der Waals surface area contributed by atoms with E-state index in [1.807, 2.05) is 0 Å². The van der Waals surface area contributed by atoms with Crippen LogP contribution in [0.3, 0.4) is 0 Å². The molecule has 0 spiro atoms. The van der Waals surface area contributed by atoms with Gasteiger partial charge in [-0.25, -0.2) is 13.6 Å². The summed E-state index contributed by atoms with van der Waals surface area (Å²) < 4.78 is 27.8. The summed E-state index contributed by atoms with van der Waals surface area (Å²) in [6.45, 7) is 2.29. The van der Waals surface area contributed by atoms with Gasteiger partial charge in [0, 0.05) is 18.8 Å². The van der Waals surface area contributed by atoms with E-state index < -0.39 is 11.8 Å². The molecule has 7 heteroatoms. The van der Waals surface area contributed by atoms with E-state index in [0.717, 1.165) is 5.56 Å². The molecule has 1 N–H and O–H groups in total. The van der Waals surface area contributed by atoms with E-state index in [1.54, 1.807) is 36.1 Å². The molecule has 0 bridgehead atoms. The van der Waals surface area contributed by atoms with Crippen molar-refractivity contribution in [3.05, 3.63) is 64.7 Å². The predicted octanol–water partition coefficient (Wildman–Crippen LogP) is 3.25. The Morgan fingerprint density at radius 1 is 1.19 bits per heavy atom. The van der Waals surface area contributed by atoms with E-state index >= 15 is 0 Å². The second-order valence-electron chi connectivity index (χ2n) is 6.94. The molecule has 0 saturated carbocycles. The number of aryl methyl sites for hydroxylation is 1. The highest BCUT2D eigenvalue weighted by Crippen LogP contribution is 2.34. The van der Waals surface area contributed by atoms with Gasteiger partial charge in [-0.1, -0.05) is 18.2 Å². The first-order chi connectivity index (χ1) is 12.9. The van der Waals surface area contributed by atoms with E-state index in [0.29, 0.717) is 29.8 Å². The minimum Gasteiger partial charge on any atom is -0.332 e. The van der Waals surface area contributed by atoms with Gasteiger partial charge in [0.2, 0.25) is 5.91 Å². The minimum atomic E-state index is -0.477. The zero-order valence-electron chi connectivity index (χ0n) is 14.8. The van der Waals surface area contributed by atoms with Crippen LogP contribution in [0.15, 0.2) is 36.4 Å². The fourth-order valence-corrected chi connectivity index (χ4v) is 3.76. The van der Waals surface area contributed by atoms with E-state index in [1.165, 1.54) is 17.0 Å². The number of halogens is 2. The molecule has 1 fully saturated rings. The lowest BCUT2D eigenvalue weighted by Crippen LogP contribution is -2.56. The Labute approximate surface area is 155 Å². The number of piperazine rings is 1. The van der Waals surface area contributed by atoms with Gasteiger partial charge in [-0.3, -0.25) is 4.79 Å². The van der Waals surface area contributed by atoms with Crippen molar-refractivity contribution in [1.29, 1.82) is 0 Å². The number of anilines is 1. The summed E-state index contributed by atoms with van der Waals surface area (Å²) in [7, 11) is 0. The first-order valence-corrected chi connectivity index (χ1v) is 8.83. The van der Waals surface area contributed by atoms with Crippen LogP contribution >= 0.6 is 0 Å². The van der Waals surface area contributed by atoms with Crippen LogP contribution in [0, 0.1) is 18.6 Å². The molecule has 5 nitrogen and oxygen atoms in total. The number of urea groups is 1. The molecule has 2 aliphatic heterocycles. The Morgan fingerprint density at radius 3 is 2.78 bits per heavy atom. The molecule has 27 heavy (non-hydrogen) atoms. The first-order valence-electron chi connectivity index (χ1n) is 8.83. The van der Waals surface area contributed by atoms with Crippen molar-refractivity contribution < 1.29 is 18.4 Å². The third-order valence-corrected chi connectivity index (χ3v) is 5.24. The smallest absolute Gasteiger partial charge is 0.322 e. The SMILES string of the molecule is Cc1ccc(NC(=O)N2CC(=O)N3CCc4c(F)cccc4C3C2)cc1F. The molecule has 3 amide bonds. The van der Waals surface area contributed by atoms with Gasteiger partial charge < -0.3 is 15.1 Å². The molecule has 0 aromatic heterocycles. The van der Waals surface area contributed by atoms with E-state index in [-0.39, 0.29) is 30.9 Å². The highest BCUT2D eigenvalue weighted by atomic mass is 19.1. The number of nitrogens with zero attached hydrogens (tertiary/aromatic N) is 2. The standard InChI is InChI=1S/C20H19F2N3O2/c1-12-5-6-13(9-17(12)22)23-20(27)24-10-18-15-3-2-4-16(21)14(15)7-8-25(18)19(26)11-24/h2-6,9,18H,7-8,10-11H2,1H3,(H,23,27). The summed E-state index contributed by atoms with van der Waals surface area (Å²) in [6, 6.07) is 8.43. The Balaban J connectivity index is 1.56. The van der Waals surface area contributed by atoms with Crippen molar-refractivity contribution in [3.8, 4) is 0 Å². The Hall–Kier alpha value is -2.96. The maximum Gasteiger partial charge on any atom is 0.322 e. The number of nitrogens with one attached hydrogen (secondary N) is 1. The quantitative estimate of drug-likeness (QED) is 0.837. The van der Waals surface area contributed by atoms with Crippen LogP contribution < -0.4 is 5.32 Å². The average Bonchev–Trinajstić information content (AvgIpc) is 2.65. The van der Waals surface area contributed by atoms with Gasteiger partial charge >= 0.3 is 6.03 Å². The third-order valence-electron chi connectivity index (χ3n) is 5.24. The minimum absolute atomic E-state index is 0.0542. The first kappa shape index (κ1) is 17.5. The predicted molar refractivity (Wildman–Crippen MR) is 96.3 cm³/mol. The third kappa shape index (κ3) is 3.13. The molecule has 0 radical (unpaired) electrons. The molecule has 0 aliphatic carbocycles. The summed E-state index contributed by atoms with van der Waals surface area (Å²) >= 11 is 0. The second-order valence-corrected chi connectivity index (χ2v) is 6.94. The van der Waals surface area contributed by atoms with Gasteiger partial charge in [0.15, 0.2) is 0 Å². The van der Waals surface area contributed by atoms with E-state index in [9.17, 15) is 18.4 Å². The summed E-state index contributed by atoms with van der Waals surface area (Å²) in [5.74, 6) is -0.868. The van der Waals surface area contributed by atoms with Crippen molar-refractivity contribution in [3.63, 3.8) is 0 Å². The van der Waals surface area contributed by atoms with Gasteiger partial charge in [0.1, 0.15) is 18.2 Å². The number of benzene rings is 2. The maximum absolute atomic E-state index is 14.1. The molecule has 140 valence electrons. The Kier molecular flexibility index (Phi) is 4.30. The molecule has 2 heterocycles. The highest BCUT2D eigenvalue weighted by Gasteiger charge is 2.39. The summed E-state index contributed by atoms with van der Waals surface area (Å²) in [5.41, 5.74) is 2.16. The summed E-state index contributed by atoms with van der Waals surface area (Å²) in [4.78, 5) is 28.2. The van der Waals surface area contributed by atoms with Crippen LogP contribution in [0.2, 0.25) is 0 Å². The van der Waals surface area contributed by atoms with Crippen molar-refractivity contribution in [1.82, 2.24) is 9.80 Å². The molecule has 2 aliphatic rings. The number of hydrogen-bond acceptors (Lipinski definition) is 2. The van der Waals surface area contributed by atoms with Gasteiger partial charge in [-0.05, 0) is 48.2 Å². The second kappa shape index (κ2) is 6.64. The number of rotatable bonds is 1. The van der Waals surface area contributed by atoms with Crippen molar-refractivity contribution in [2.75, 3.05) is 25.0 Å². The molecule has 4 rings (SSSR count). The number of fused-ring (bicyclic) bond motifs is 3. The molecule has 1 unspecified atom stereocenters. The van der Waals surface area contributed by atoms with Crippen LogP contribution in [0.25, 0.3) is 0 Å². The molecular weight excluding hydrogens is 352 g/mol. The van der Waals surface area contributed by atoms with Gasteiger partial charge in [-0.15, -0.1) is 0 Å². The summed E-state index contributed by atoms with van der Waals surface area (Å²) in [6.07, 6.45) is 0.471. The average molecular weight is 371 g/mol. The normalized spacial score (nSPS) is 18.8. The number of carbonyl (C=O) groups excluding carboxylic acids is 2. The molecule has 2 aromatic carbocycles. The molecule has 2 aromatic rings. The van der Waals surface area contributed by atoms with Crippen LogP contribution in [-0.4, -0.2) is 41.4 Å². The Bertz CT molecular complexity index is 931. The lowest BCUT2D eigenvalue weighted by molar-refractivity contribution is -0.139. The fourth-order valence-electron chi connectivity index (χ4n) is 3.76. The highest BCUT2D eigenvalue weighted by molar-refractivity contribution is 5.93. The van der Waals surface area contributed by atoms with Crippen LogP contribution in [0.4, 0.5) is 19.3 Å². The van der Waals surface area contributed by atoms with E-state index in [4.69, 9.17) is 0 Å². The van der Waals surface area contributed by atoms with Gasteiger partial charge in [0.05, 0.1) is 6.04 Å². The molecule has 1 saturated heterocycles. The Morgan fingerprint density at radius 2 is 2.00 bits per heavy atom. The topological polar surface area (TPSA) is 52.7 Å². The number of amides is 3.